The second-order valence-corrected chi connectivity index (χ2v) is 22.9. The molecule has 2 aliphatic heterocycles. The molecular formula is C59H104N4O15. The Hall–Kier alpha value is -3.57. The summed E-state index contributed by atoms with van der Waals surface area (Å²) in [6, 6.07) is -1.02. The molecule has 19 heteroatoms. The number of aliphatic hydroxyl groups excluding tert-OH is 9. The van der Waals surface area contributed by atoms with E-state index in [0.717, 1.165) is 44.6 Å². The number of carbonyl (C=O) groups is 2. The molecule has 2 heterocycles. The lowest BCUT2D eigenvalue weighted by molar-refractivity contribution is -0.333. The summed E-state index contributed by atoms with van der Waals surface area (Å²) >= 11 is 0. The van der Waals surface area contributed by atoms with Gasteiger partial charge in [-0.3, -0.25) is 9.79 Å². The second-order valence-electron chi connectivity index (χ2n) is 22.9. The summed E-state index contributed by atoms with van der Waals surface area (Å²) in [5.41, 5.74) is 6.98. The molecule has 0 aromatic heterocycles. The Bertz CT molecular complexity index is 1930. The van der Waals surface area contributed by atoms with Gasteiger partial charge in [-0.2, -0.15) is 0 Å². The number of nitrogens with two attached hydrogens (primary N) is 1. The molecule has 0 aromatic rings. The van der Waals surface area contributed by atoms with Gasteiger partial charge in [0.05, 0.1) is 54.9 Å². The molecule has 19 atom stereocenters. The van der Waals surface area contributed by atoms with Crippen LogP contribution >= 0.6 is 0 Å². The summed E-state index contributed by atoms with van der Waals surface area (Å²) in [4.78, 5) is 31.0. The molecule has 0 unspecified atom stereocenters. The zero-order chi connectivity index (χ0) is 58.9. The minimum Gasteiger partial charge on any atom is -0.461 e. The molecule has 0 spiro atoms. The molecule has 78 heavy (non-hydrogen) atoms. The number of nitrogens with one attached hydrogen (secondary N) is 2. The Morgan fingerprint density at radius 1 is 0.808 bits per heavy atom. The minimum atomic E-state index is -2.46. The molecule has 0 amide bonds. The van der Waals surface area contributed by atoms with E-state index in [2.05, 4.69) is 34.7 Å². The summed E-state index contributed by atoms with van der Waals surface area (Å²) in [5.74, 6) is -5.29. The molecule has 0 radical (unpaired) electrons. The Labute approximate surface area is 465 Å². The molecule has 2 bridgehead atoms. The highest BCUT2D eigenvalue weighted by molar-refractivity contribution is 5.88. The normalized spacial score (nSPS) is 35.7. The van der Waals surface area contributed by atoms with Crippen LogP contribution in [0.4, 0.5) is 0 Å². The number of guanidine groups is 1. The van der Waals surface area contributed by atoms with Crippen LogP contribution in [-0.4, -0.2) is 175 Å². The van der Waals surface area contributed by atoms with Crippen molar-refractivity contribution in [3.8, 4) is 0 Å². The predicted octanol–water partition coefficient (Wildman–Crippen LogP) is 4.14. The van der Waals surface area contributed by atoms with Crippen LogP contribution in [-0.2, 0) is 23.8 Å². The number of unbranched alkanes of at least 4 members (excludes halogenated alkanes) is 2. The number of allylic oxidation sites excluding steroid dienone is 6. The number of rotatable bonds is 12. The van der Waals surface area contributed by atoms with Crippen molar-refractivity contribution in [3.05, 3.63) is 59.8 Å². The molecule has 2 rings (SSSR count). The van der Waals surface area contributed by atoms with Gasteiger partial charge in [-0.05, 0) is 88.5 Å². The van der Waals surface area contributed by atoms with Crippen molar-refractivity contribution in [1.82, 2.24) is 10.6 Å². The highest BCUT2D eigenvalue weighted by Crippen LogP contribution is 2.36. The van der Waals surface area contributed by atoms with Crippen molar-refractivity contribution >= 4 is 17.9 Å². The Kier molecular flexibility index (Phi) is 32.6. The quantitative estimate of drug-likeness (QED) is 0.0429. The monoisotopic (exact) mass is 1110 g/mol. The van der Waals surface area contributed by atoms with E-state index < -0.39 is 121 Å². The van der Waals surface area contributed by atoms with Gasteiger partial charge in [-0.1, -0.05) is 97.1 Å². The zero-order valence-electron chi connectivity index (χ0n) is 48.7. The number of aliphatic imine (C=N–C) groups is 1. The molecule has 19 nitrogen and oxygen atoms in total. The van der Waals surface area contributed by atoms with Crippen LogP contribution in [0.25, 0.3) is 0 Å². The third-order valence-corrected chi connectivity index (χ3v) is 15.7. The van der Waals surface area contributed by atoms with Gasteiger partial charge >= 0.3 is 11.9 Å². The maximum atomic E-state index is 13.7. The van der Waals surface area contributed by atoms with Crippen molar-refractivity contribution < 1.29 is 74.9 Å². The minimum absolute atomic E-state index is 0.0395. The number of hydrogen-bond acceptors (Lipinski definition) is 17. The number of ether oxygens (including phenoxy) is 3. The SMILES string of the molecule is CN=C(NC)NCCCC=CCCC[C@H](C)[C@@H]1OC(=O)C(C)=CC=C[C@@H](C)[C@@H](O)C[C@H](O)[C@@H](C)[C@@H](O)CC[C@H](C)[C@@H](O)C[C@@]2(O)O[C@@H](C[C@@H](OC(=O)[C@@H](N)C(C)C)C[C@H](O)C[C@@H](O)C[C@H](O)C(C)=CC=C[C@@H]1C)C[C@@H](O)[C@@H]2O. The molecule has 0 aromatic carbocycles. The largest absolute Gasteiger partial charge is 0.461 e. The first-order valence-corrected chi connectivity index (χ1v) is 28.6. The zero-order valence-corrected chi connectivity index (χ0v) is 48.7. The van der Waals surface area contributed by atoms with E-state index >= 15 is 0 Å². The van der Waals surface area contributed by atoms with Crippen LogP contribution in [0, 0.1) is 35.5 Å². The number of cyclic esters (lactones) is 1. The van der Waals surface area contributed by atoms with E-state index in [4.69, 9.17) is 19.9 Å². The maximum Gasteiger partial charge on any atom is 0.334 e. The van der Waals surface area contributed by atoms with E-state index in [0.29, 0.717) is 11.1 Å². The van der Waals surface area contributed by atoms with E-state index in [-0.39, 0.29) is 69.1 Å². The number of hydrogen-bond donors (Lipinski definition) is 13. The maximum absolute atomic E-state index is 13.7. The summed E-state index contributed by atoms with van der Waals surface area (Å²) in [6.45, 7) is 16.7. The van der Waals surface area contributed by atoms with E-state index in [1.54, 1.807) is 85.9 Å². The van der Waals surface area contributed by atoms with Crippen molar-refractivity contribution in [2.24, 2.45) is 46.2 Å². The molecule has 14 N–H and O–H groups in total. The van der Waals surface area contributed by atoms with Crippen molar-refractivity contribution in [3.63, 3.8) is 0 Å². The number of aliphatic hydroxyl groups is 10. The fourth-order valence-corrected chi connectivity index (χ4v) is 9.79. The molecule has 2 aliphatic rings. The third-order valence-electron chi connectivity index (χ3n) is 15.7. The Morgan fingerprint density at radius 2 is 1.44 bits per heavy atom. The van der Waals surface area contributed by atoms with Crippen LogP contribution in [0.15, 0.2) is 64.7 Å². The lowest BCUT2D eigenvalue weighted by Crippen LogP contribution is -2.60. The molecule has 450 valence electrons. The van der Waals surface area contributed by atoms with Crippen molar-refractivity contribution in [2.75, 3.05) is 20.6 Å². The second kappa shape index (κ2) is 36.0. The van der Waals surface area contributed by atoms with Gasteiger partial charge in [0.1, 0.15) is 24.4 Å². The fraction of sp³-hybridized carbons (Fsp3) is 0.780. The van der Waals surface area contributed by atoms with Crippen LogP contribution in [0.1, 0.15) is 152 Å². The van der Waals surface area contributed by atoms with Gasteiger partial charge in [0.2, 0.25) is 0 Å². The van der Waals surface area contributed by atoms with E-state index in [9.17, 15) is 60.7 Å². The smallest absolute Gasteiger partial charge is 0.334 e. The molecule has 1 saturated heterocycles. The first-order chi connectivity index (χ1) is 36.6. The van der Waals surface area contributed by atoms with E-state index in [1.807, 2.05) is 20.0 Å². The summed E-state index contributed by atoms with van der Waals surface area (Å²) in [6.07, 6.45) is 3.86. The first kappa shape index (κ1) is 70.5. The lowest BCUT2D eigenvalue weighted by Gasteiger charge is -2.45. The number of fused-ring (bicyclic) bond motifs is 2. The summed E-state index contributed by atoms with van der Waals surface area (Å²) in [7, 11) is 3.54. The van der Waals surface area contributed by atoms with E-state index in [1.165, 1.54) is 0 Å². The molecule has 0 saturated carbocycles. The van der Waals surface area contributed by atoms with Gasteiger partial charge in [0, 0.05) is 82.5 Å². The summed E-state index contributed by atoms with van der Waals surface area (Å²) in [5, 5.41) is 118. The van der Waals surface area contributed by atoms with Crippen LogP contribution in [0.2, 0.25) is 0 Å². The van der Waals surface area contributed by atoms with Crippen LogP contribution < -0.4 is 16.4 Å². The number of esters is 2. The number of nitrogens with zero attached hydrogens (tertiary/aromatic N) is 1. The fourth-order valence-electron chi connectivity index (χ4n) is 9.79. The van der Waals surface area contributed by atoms with Gasteiger partial charge < -0.3 is 81.6 Å². The van der Waals surface area contributed by atoms with Crippen LogP contribution in [0.3, 0.4) is 0 Å². The van der Waals surface area contributed by atoms with Gasteiger partial charge in [0.15, 0.2) is 11.7 Å². The standard InChI is InChI=1S/C59H104N4O15/c1-35(2)53(60)57(74)76-45-29-43(64)28-44(65)30-48(67)36(3)21-18-23-40(7)54(39(6)20-16-14-12-13-15-17-27-63-58(61-10)62-11)77-56(73)41(8)24-19-22-37(4)49(68)33-50(69)42(9)47(66)26-25-38(5)52(71)34-59(75)55(72)51(70)32-46(31-45)78-59/h12-13,18-19,21-24,35,37-40,42-55,64-72,75H,14-17,20,25-34,60H2,1-11H3,(H2,61,62,63)/t37-,38+,39+,40+,42+,43-,44-,45+,46+,47+,48+,49+,50+,51-,52+,53+,54+,55+,59-/m1/s1. The average Bonchev–Trinajstić information content (AvgIpc) is 3.40. The van der Waals surface area contributed by atoms with Crippen molar-refractivity contribution in [1.29, 1.82) is 0 Å². The lowest BCUT2D eigenvalue weighted by atomic mass is 9.84. The predicted molar refractivity (Wildman–Crippen MR) is 302 cm³/mol. The average molecular weight is 1110 g/mol. The Morgan fingerprint density at radius 3 is 2.08 bits per heavy atom. The first-order valence-electron chi connectivity index (χ1n) is 28.6. The van der Waals surface area contributed by atoms with Gasteiger partial charge in [0.25, 0.3) is 0 Å². The number of carbonyl (C=O) groups excluding carboxylic acids is 2. The summed E-state index contributed by atoms with van der Waals surface area (Å²) < 4.78 is 18.0. The third kappa shape index (κ3) is 25.1. The van der Waals surface area contributed by atoms with Gasteiger partial charge in [-0.25, -0.2) is 4.79 Å². The van der Waals surface area contributed by atoms with Crippen molar-refractivity contribution in [2.45, 2.75) is 237 Å². The molecule has 0 aliphatic carbocycles. The highest BCUT2D eigenvalue weighted by Gasteiger charge is 2.50. The Balaban J connectivity index is 2.45. The highest BCUT2D eigenvalue weighted by atomic mass is 16.7. The van der Waals surface area contributed by atoms with Crippen LogP contribution in [0.5, 0.6) is 0 Å². The molecule has 1 fully saturated rings. The molecular weight excluding hydrogens is 1000 g/mol. The topological polar surface area (TPSA) is 327 Å². The van der Waals surface area contributed by atoms with Gasteiger partial charge in [-0.15, -0.1) is 0 Å².